The van der Waals surface area contributed by atoms with Crippen molar-refractivity contribution in [3.63, 3.8) is 0 Å². The largest absolute Gasteiger partial charge is 0.488 e. The van der Waals surface area contributed by atoms with Crippen molar-refractivity contribution in [2.75, 3.05) is 0 Å². The maximum absolute atomic E-state index is 12.0. The molecule has 0 saturated carbocycles. The van der Waals surface area contributed by atoms with Crippen LogP contribution in [-0.2, 0) is 16.2 Å². The summed E-state index contributed by atoms with van der Waals surface area (Å²) in [5, 5.41) is 4.85. The van der Waals surface area contributed by atoms with Crippen LogP contribution in [0.15, 0.2) is 48.0 Å². The Morgan fingerprint density at radius 2 is 1.69 bits per heavy atom. The molecule has 1 aliphatic rings. The third kappa shape index (κ3) is 3.97. The lowest BCUT2D eigenvalue weighted by molar-refractivity contribution is -0.123. The van der Waals surface area contributed by atoms with Gasteiger partial charge in [0.1, 0.15) is 17.9 Å². The zero-order valence-corrected chi connectivity index (χ0v) is 15.3. The molecule has 0 aliphatic carbocycles. The van der Waals surface area contributed by atoms with E-state index in [-0.39, 0.29) is 10.7 Å². The fourth-order valence-electron chi connectivity index (χ4n) is 2.55. The summed E-state index contributed by atoms with van der Waals surface area (Å²) in [6, 6.07) is 13.4. The number of carbonyl (C=O) groups is 2. The van der Waals surface area contributed by atoms with E-state index in [0.717, 1.165) is 5.56 Å². The topological polar surface area (TPSA) is 67.4 Å². The van der Waals surface area contributed by atoms with Crippen molar-refractivity contribution in [1.29, 1.82) is 0 Å². The number of para-hydroxylation sites is 1. The van der Waals surface area contributed by atoms with Gasteiger partial charge in [-0.25, -0.2) is 0 Å². The fraction of sp³-hybridized carbons (Fsp3) is 0.150. The fourth-order valence-corrected chi connectivity index (χ4v) is 2.73. The molecule has 0 aromatic heterocycles. The summed E-state index contributed by atoms with van der Waals surface area (Å²) in [4.78, 5) is 24.0. The third-order valence-corrected chi connectivity index (χ3v) is 4.33. The first-order valence-electron chi connectivity index (χ1n) is 8.10. The van der Waals surface area contributed by atoms with Crippen LogP contribution in [0.3, 0.4) is 0 Å². The van der Waals surface area contributed by atoms with Gasteiger partial charge in [0.2, 0.25) is 0 Å². The van der Waals surface area contributed by atoms with E-state index in [0.29, 0.717) is 17.9 Å². The van der Waals surface area contributed by atoms with Gasteiger partial charge in [-0.05, 0) is 54.9 Å². The first-order valence-corrected chi connectivity index (χ1v) is 8.51. The summed E-state index contributed by atoms with van der Waals surface area (Å²) in [5.74, 6) is -0.461. The zero-order chi connectivity index (χ0) is 18.7. The van der Waals surface area contributed by atoms with Crippen molar-refractivity contribution >= 4 is 35.2 Å². The minimum absolute atomic E-state index is 0.0106. The quantitative estimate of drug-likeness (QED) is 0.496. The Hall–Kier alpha value is -2.99. The smallest absolute Gasteiger partial charge is 0.263 e. The van der Waals surface area contributed by atoms with E-state index in [1.807, 2.05) is 18.2 Å². The molecule has 1 heterocycles. The molecule has 3 rings (SSSR count). The van der Waals surface area contributed by atoms with E-state index in [9.17, 15) is 9.59 Å². The van der Waals surface area contributed by atoms with Crippen LogP contribution in [0, 0.1) is 13.8 Å². The molecule has 0 radical (unpaired) electrons. The molecule has 0 atom stereocenters. The number of hydrogen-bond donors (Lipinski definition) is 2. The van der Waals surface area contributed by atoms with Gasteiger partial charge in [-0.2, -0.15) is 0 Å². The Balaban J connectivity index is 1.83. The van der Waals surface area contributed by atoms with Crippen LogP contribution in [-0.4, -0.2) is 16.9 Å². The Morgan fingerprint density at radius 3 is 2.38 bits per heavy atom. The molecule has 0 unspecified atom stereocenters. The molecule has 2 N–H and O–H groups in total. The molecule has 26 heavy (non-hydrogen) atoms. The van der Waals surface area contributed by atoms with Gasteiger partial charge in [-0.3, -0.25) is 20.2 Å². The molecule has 0 spiro atoms. The van der Waals surface area contributed by atoms with E-state index >= 15 is 0 Å². The van der Waals surface area contributed by atoms with E-state index < -0.39 is 11.8 Å². The van der Waals surface area contributed by atoms with Crippen molar-refractivity contribution in [2.45, 2.75) is 20.5 Å². The molecule has 1 saturated heterocycles. The van der Waals surface area contributed by atoms with Gasteiger partial charge in [0.15, 0.2) is 5.11 Å². The molecule has 2 aromatic rings. The van der Waals surface area contributed by atoms with Gasteiger partial charge in [0, 0.05) is 5.56 Å². The number of hydrogen-bond acceptors (Lipinski definition) is 4. The number of ether oxygens (including phenoxy) is 1. The highest BCUT2D eigenvalue weighted by molar-refractivity contribution is 7.80. The molecule has 6 heteroatoms. The minimum atomic E-state index is -0.525. The van der Waals surface area contributed by atoms with Crippen LogP contribution in [0.1, 0.15) is 22.3 Å². The second-order valence-corrected chi connectivity index (χ2v) is 6.45. The highest BCUT2D eigenvalue weighted by atomic mass is 32.1. The Kier molecular flexibility index (Phi) is 5.14. The van der Waals surface area contributed by atoms with Gasteiger partial charge >= 0.3 is 0 Å². The molecule has 1 aliphatic heterocycles. The number of benzene rings is 2. The van der Waals surface area contributed by atoms with Gasteiger partial charge in [0.05, 0.1) is 0 Å². The normalized spacial score (nSPS) is 13.9. The number of rotatable bonds is 4. The van der Waals surface area contributed by atoms with Crippen molar-refractivity contribution < 1.29 is 14.3 Å². The summed E-state index contributed by atoms with van der Waals surface area (Å²) < 4.78 is 5.92. The van der Waals surface area contributed by atoms with Crippen LogP contribution in [0.2, 0.25) is 0 Å². The average molecular weight is 366 g/mol. The Bertz CT molecular complexity index is 912. The molecule has 2 aromatic carbocycles. The lowest BCUT2D eigenvalue weighted by Gasteiger charge is -2.17. The molecular weight excluding hydrogens is 348 g/mol. The number of nitrogens with one attached hydrogen (secondary N) is 2. The molecule has 0 bridgehead atoms. The summed E-state index contributed by atoms with van der Waals surface area (Å²) in [6.45, 7) is 4.51. The lowest BCUT2D eigenvalue weighted by Crippen LogP contribution is -2.51. The third-order valence-electron chi connectivity index (χ3n) is 4.13. The molecule has 132 valence electrons. The van der Waals surface area contributed by atoms with E-state index in [2.05, 4.69) is 36.6 Å². The number of carbonyl (C=O) groups excluding carboxylic acids is 2. The van der Waals surface area contributed by atoms with Crippen LogP contribution in [0.5, 0.6) is 5.75 Å². The summed E-state index contributed by atoms with van der Waals surface area (Å²) >= 11 is 4.80. The van der Waals surface area contributed by atoms with Crippen molar-refractivity contribution in [3.05, 3.63) is 70.3 Å². The van der Waals surface area contributed by atoms with Gasteiger partial charge in [-0.15, -0.1) is 0 Å². The van der Waals surface area contributed by atoms with E-state index in [1.54, 1.807) is 12.1 Å². The molecular formula is C20H18N2O3S. The number of aryl methyl sites for hydroxylation is 2. The minimum Gasteiger partial charge on any atom is -0.488 e. The van der Waals surface area contributed by atoms with Crippen LogP contribution in [0.4, 0.5) is 0 Å². The average Bonchev–Trinajstić information content (AvgIpc) is 2.60. The predicted octanol–water partition coefficient (Wildman–Crippen LogP) is 2.80. The van der Waals surface area contributed by atoms with Crippen LogP contribution >= 0.6 is 12.2 Å². The Morgan fingerprint density at radius 1 is 1.00 bits per heavy atom. The van der Waals surface area contributed by atoms with Crippen molar-refractivity contribution in [2.24, 2.45) is 0 Å². The van der Waals surface area contributed by atoms with Gasteiger partial charge in [0.25, 0.3) is 11.8 Å². The van der Waals surface area contributed by atoms with Crippen LogP contribution in [0.25, 0.3) is 6.08 Å². The second kappa shape index (κ2) is 7.49. The monoisotopic (exact) mass is 366 g/mol. The van der Waals surface area contributed by atoms with Gasteiger partial charge < -0.3 is 4.74 Å². The second-order valence-electron chi connectivity index (χ2n) is 6.04. The highest BCUT2D eigenvalue weighted by Crippen LogP contribution is 2.23. The SMILES string of the molecule is Cc1ccc(COc2ccccc2C=C2C(=O)NC(=S)NC2=O)cc1C. The Labute approximate surface area is 157 Å². The zero-order valence-electron chi connectivity index (χ0n) is 14.5. The maximum Gasteiger partial charge on any atom is 0.263 e. The maximum atomic E-state index is 12.0. The van der Waals surface area contributed by atoms with E-state index in [1.165, 1.54) is 17.2 Å². The molecule has 5 nitrogen and oxygen atoms in total. The summed E-state index contributed by atoms with van der Waals surface area (Å²) in [7, 11) is 0. The van der Waals surface area contributed by atoms with Crippen LogP contribution < -0.4 is 15.4 Å². The highest BCUT2D eigenvalue weighted by Gasteiger charge is 2.26. The van der Waals surface area contributed by atoms with E-state index in [4.69, 9.17) is 17.0 Å². The summed E-state index contributed by atoms with van der Waals surface area (Å²) in [6.07, 6.45) is 1.50. The summed E-state index contributed by atoms with van der Waals surface area (Å²) in [5.41, 5.74) is 4.11. The standard InChI is InChI=1S/C20H18N2O3S/c1-12-7-8-14(9-13(12)2)11-25-17-6-4-3-5-15(17)10-16-18(23)21-20(26)22-19(16)24/h3-10H,11H2,1-2H3,(H2,21,22,23,24,26). The predicted molar refractivity (Wildman–Crippen MR) is 104 cm³/mol. The van der Waals surface area contributed by atoms with Crippen molar-refractivity contribution in [3.8, 4) is 5.75 Å². The van der Waals surface area contributed by atoms with Crippen molar-refractivity contribution in [1.82, 2.24) is 10.6 Å². The number of thiocarbonyl (C=S) groups is 1. The molecule has 1 fully saturated rings. The first-order chi connectivity index (χ1) is 12.4. The number of amides is 2. The first kappa shape index (κ1) is 17.8. The lowest BCUT2D eigenvalue weighted by atomic mass is 10.1. The molecule has 2 amide bonds. The van der Waals surface area contributed by atoms with Gasteiger partial charge in [-0.1, -0.05) is 36.4 Å².